The molecule has 0 aromatic rings. The van der Waals surface area contributed by atoms with Crippen LogP contribution in [-0.2, 0) is 0 Å². The van der Waals surface area contributed by atoms with Crippen molar-refractivity contribution in [3.63, 3.8) is 0 Å². The number of nitrogens with one attached hydrogen (secondary N) is 2. The van der Waals surface area contributed by atoms with Crippen LogP contribution in [0.1, 0.15) is 19.8 Å². The molecule has 9 heavy (non-hydrogen) atoms. The molecule has 2 N–H and O–H groups in total. The zero-order chi connectivity index (χ0) is 6.69. The third kappa shape index (κ3) is 1.52. The summed E-state index contributed by atoms with van der Waals surface area (Å²) in [5.74, 6) is 0.574. The lowest BCUT2D eigenvalue weighted by molar-refractivity contribution is 0.436. The SMILES string of the molecule is CCCC(=N)C1CNC1. The van der Waals surface area contributed by atoms with E-state index < -0.39 is 0 Å². The van der Waals surface area contributed by atoms with Gasteiger partial charge in [-0.25, -0.2) is 0 Å². The second-order valence-electron chi connectivity index (χ2n) is 2.63. The highest BCUT2D eigenvalue weighted by Gasteiger charge is 2.19. The highest BCUT2D eigenvalue weighted by Crippen LogP contribution is 2.08. The zero-order valence-corrected chi connectivity index (χ0v) is 5.91. The molecule has 0 unspecified atom stereocenters. The van der Waals surface area contributed by atoms with E-state index in [1.54, 1.807) is 0 Å². The highest BCUT2D eigenvalue weighted by molar-refractivity contribution is 5.84. The molecule has 1 fully saturated rings. The highest BCUT2D eigenvalue weighted by atomic mass is 15.0. The first-order valence-corrected chi connectivity index (χ1v) is 3.62. The number of hydrogen-bond acceptors (Lipinski definition) is 2. The molecule has 0 saturated carbocycles. The van der Waals surface area contributed by atoms with E-state index in [0.717, 1.165) is 31.6 Å². The van der Waals surface area contributed by atoms with Gasteiger partial charge < -0.3 is 10.7 Å². The summed E-state index contributed by atoms with van der Waals surface area (Å²) in [5, 5.41) is 10.7. The van der Waals surface area contributed by atoms with Crippen molar-refractivity contribution in [2.75, 3.05) is 13.1 Å². The molecular weight excluding hydrogens is 112 g/mol. The Hall–Kier alpha value is -0.370. The molecule has 0 amide bonds. The largest absolute Gasteiger partial charge is 0.315 e. The smallest absolute Gasteiger partial charge is 0.0215 e. The third-order valence-corrected chi connectivity index (χ3v) is 1.79. The van der Waals surface area contributed by atoms with Crippen LogP contribution >= 0.6 is 0 Å². The van der Waals surface area contributed by atoms with Gasteiger partial charge in [0, 0.05) is 24.7 Å². The standard InChI is InChI=1S/C7H14N2/c1-2-3-7(8)6-4-9-5-6/h6,8-9H,2-5H2,1H3. The molecule has 0 aliphatic carbocycles. The Morgan fingerprint density at radius 3 is 2.67 bits per heavy atom. The summed E-state index contributed by atoms with van der Waals surface area (Å²) in [6.45, 7) is 4.21. The normalized spacial score (nSPS) is 19.2. The average molecular weight is 126 g/mol. The summed E-state index contributed by atoms with van der Waals surface area (Å²) in [6, 6.07) is 0. The van der Waals surface area contributed by atoms with Gasteiger partial charge in [0.1, 0.15) is 0 Å². The van der Waals surface area contributed by atoms with Crippen LogP contribution in [0.25, 0.3) is 0 Å². The zero-order valence-electron chi connectivity index (χ0n) is 5.91. The lowest BCUT2D eigenvalue weighted by Gasteiger charge is -2.27. The molecule has 1 saturated heterocycles. The second-order valence-corrected chi connectivity index (χ2v) is 2.63. The van der Waals surface area contributed by atoms with Crippen molar-refractivity contribution < 1.29 is 0 Å². The van der Waals surface area contributed by atoms with Crippen molar-refractivity contribution in [1.82, 2.24) is 5.32 Å². The molecule has 0 radical (unpaired) electrons. The lowest BCUT2D eigenvalue weighted by atomic mass is 9.94. The summed E-state index contributed by atoms with van der Waals surface area (Å²) in [6.07, 6.45) is 2.11. The Bertz CT molecular complexity index is 105. The summed E-state index contributed by atoms with van der Waals surface area (Å²) in [4.78, 5) is 0. The topological polar surface area (TPSA) is 35.9 Å². The van der Waals surface area contributed by atoms with E-state index >= 15 is 0 Å². The Balaban J connectivity index is 2.16. The molecule has 0 atom stereocenters. The maximum atomic E-state index is 7.51. The predicted octanol–water partition coefficient (Wildman–Crippen LogP) is 1.03. The van der Waals surface area contributed by atoms with Crippen molar-refractivity contribution in [2.24, 2.45) is 5.92 Å². The molecule has 2 heteroatoms. The minimum atomic E-state index is 0.574. The first kappa shape index (κ1) is 6.75. The maximum Gasteiger partial charge on any atom is 0.0215 e. The van der Waals surface area contributed by atoms with Gasteiger partial charge in [-0.2, -0.15) is 0 Å². The Morgan fingerprint density at radius 2 is 2.33 bits per heavy atom. The first-order valence-electron chi connectivity index (χ1n) is 3.62. The van der Waals surface area contributed by atoms with Gasteiger partial charge in [0.2, 0.25) is 0 Å². The number of hydrogen-bond donors (Lipinski definition) is 2. The van der Waals surface area contributed by atoms with Gasteiger partial charge in [-0.1, -0.05) is 13.3 Å². The predicted molar refractivity (Wildman–Crippen MR) is 39.0 cm³/mol. The molecule has 1 aliphatic heterocycles. The van der Waals surface area contributed by atoms with Crippen molar-refractivity contribution in [2.45, 2.75) is 19.8 Å². The van der Waals surface area contributed by atoms with Crippen LogP contribution in [0.5, 0.6) is 0 Å². The van der Waals surface area contributed by atoms with Crippen LogP contribution in [0.4, 0.5) is 0 Å². The van der Waals surface area contributed by atoms with E-state index in [1.165, 1.54) is 0 Å². The molecule has 2 nitrogen and oxygen atoms in total. The minimum Gasteiger partial charge on any atom is -0.315 e. The van der Waals surface area contributed by atoms with E-state index in [1.807, 2.05) is 0 Å². The van der Waals surface area contributed by atoms with E-state index in [4.69, 9.17) is 5.41 Å². The number of rotatable bonds is 3. The lowest BCUT2D eigenvalue weighted by Crippen LogP contribution is -2.46. The van der Waals surface area contributed by atoms with Crippen molar-refractivity contribution in [3.8, 4) is 0 Å². The van der Waals surface area contributed by atoms with Gasteiger partial charge in [0.15, 0.2) is 0 Å². The van der Waals surface area contributed by atoms with Crippen LogP contribution in [0.2, 0.25) is 0 Å². The minimum absolute atomic E-state index is 0.574. The maximum absolute atomic E-state index is 7.51. The van der Waals surface area contributed by atoms with Gasteiger partial charge in [-0.05, 0) is 6.42 Å². The third-order valence-electron chi connectivity index (χ3n) is 1.79. The monoisotopic (exact) mass is 126 g/mol. The summed E-state index contributed by atoms with van der Waals surface area (Å²) < 4.78 is 0. The van der Waals surface area contributed by atoms with Crippen molar-refractivity contribution in [3.05, 3.63) is 0 Å². The summed E-state index contributed by atoms with van der Waals surface area (Å²) in [7, 11) is 0. The molecule has 0 bridgehead atoms. The Kier molecular flexibility index (Phi) is 2.22. The quantitative estimate of drug-likeness (QED) is 0.544. The summed E-state index contributed by atoms with van der Waals surface area (Å²) >= 11 is 0. The van der Waals surface area contributed by atoms with E-state index in [0.29, 0.717) is 5.92 Å². The van der Waals surface area contributed by atoms with Crippen molar-refractivity contribution in [1.29, 1.82) is 5.41 Å². The van der Waals surface area contributed by atoms with Crippen LogP contribution in [0, 0.1) is 11.3 Å². The Labute approximate surface area is 56.2 Å². The van der Waals surface area contributed by atoms with Gasteiger partial charge in [0.05, 0.1) is 0 Å². The second kappa shape index (κ2) is 2.97. The van der Waals surface area contributed by atoms with Gasteiger partial charge in [-0.3, -0.25) is 0 Å². The first-order chi connectivity index (χ1) is 4.34. The van der Waals surface area contributed by atoms with E-state index in [2.05, 4.69) is 12.2 Å². The van der Waals surface area contributed by atoms with Crippen molar-refractivity contribution >= 4 is 5.71 Å². The van der Waals surface area contributed by atoms with Crippen LogP contribution in [0.3, 0.4) is 0 Å². The van der Waals surface area contributed by atoms with Gasteiger partial charge >= 0.3 is 0 Å². The fraction of sp³-hybridized carbons (Fsp3) is 0.857. The van der Waals surface area contributed by atoms with Crippen LogP contribution < -0.4 is 5.32 Å². The molecule has 1 rings (SSSR count). The summed E-state index contributed by atoms with van der Waals surface area (Å²) in [5.41, 5.74) is 0.941. The fourth-order valence-electron chi connectivity index (χ4n) is 1.01. The van der Waals surface area contributed by atoms with Gasteiger partial charge in [0.25, 0.3) is 0 Å². The molecular formula is C7H14N2. The molecule has 0 aromatic carbocycles. The fourth-order valence-corrected chi connectivity index (χ4v) is 1.01. The van der Waals surface area contributed by atoms with Crippen LogP contribution in [-0.4, -0.2) is 18.8 Å². The van der Waals surface area contributed by atoms with E-state index in [-0.39, 0.29) is 0 Å². The molecule has 1 aliphatic rings. The molecule has 0 aromatic heterocycles. The van der Waals surface area contributed by atoms with Crippen LogP contribution in [0.15, 0.2) is 0 Å². The molecule has 1 heterocycles. The molecule has 52 valence electrons. The molecule has 0 spiro atoms. The Morgan fingerprint density at radius 1 is 1.67 bits per heavy atom. The van der Waals surface area contributed by atoms with E-state index in [9.17, 15) is 0 Å². The van der Waals surface area contributed by atoms with Gasteiger partial charge in [-0.15, -0.1) is 0 Å². The average Bonchev–Trinajstić information content (AvgIpc) is 1.60.